The molecular formula is C19H18BrClN4O. The van der Waals surface area contributed by atoms with Crippen molar-refractivity contribution >= 4 is 43.7 Å². The van der Waals surface area contributed by atoms with Crippen LogP contribution in [0.2, 0.25) is 5.02 Å². The van der Waals surface area contributed by atoms with Gasteiger partial charge in [0.2, 0.25) is 5.91 Å². The Morgan fingerprint density at radius 2 is 1.85 bits per heavy atom. The van der Waals surface area contributed by atoms with Crippen LogP contribution in [0.4, 0.5) is 5.82 Å². The summed E-state index contributed by atoms with van der Waals surface area (Å²) in [5, 5.41) is 0.687. The number of amides is 1. The van der Waals surface area contributed by atoms with Gasteiger partial charge in [0.15, 0.2) is 0 Å². The van der Waals surface area contributed by atoms with Gasteiger partial charge >= 0.3 is 0 Å². The van der Waals surface area contributed by atoms with Gasteiger partial charge in [-0.3, -0.25) is 4.79 Å². The largest absolute Gasteiger partial charge is 0.352 e. The zero-order valence-electron chi connectivity index (χ0n) is 14.2. The number of carbonyl (C=O) groups excluding carboxylic acids is 1. The number of hydrogen-bond donors (Lipinski definition) is 0. The Balaban J connectivity index is 1.40. The molecule has 7 heteroatoms. The lowest BCUT2D eigenvalue weighted by Crippen LogP contribution is -2.49. The molecule has 1 aromatic carbocycles. The number of piperazine rings is 1. The van der Waals surface area contributed by atoms with E-state index in [0.717, 1.165) is 46.6 Å². The van der Waals surface area contributed by atoms with Crippen LogP contribution in [0.1, 0.15) is 16.8 Å². The predicted octanol–water partition coefficient (Wildman–Crippen LogP) is 3.31. The molecule has 0 unspecified atom stereocenters. The van der Waals surface area contributed by atoms with Crippen LogP contribution in [-0.4, -0.2) is 47.0 Å². The summed E-state index contributed by atoms with van der Waals surface area (Å²) in [7, 11) is 0. The van der Waals surface area contributed by atoms with Gasteiger partial charge in [-0.1, -0.05) is 45.7 Å². The van der Waals surface area contributed by atoms with E-state index in [1.165, 1.54) is 0 Å². The summed E-state index contributed by atoms with van der Waals surface area (Å²) < 4.78 is 1.06. The van der Waals surface area contributed by atoms with E-state index in [2.05, 4.69) is 36.9 Å². The van der Waals surface area contributed by atoms with Crippen molar-refractivity contribution in [3.8, 4) is 0 Å². The third-order valence-corrected chi connectivity index (χ3v) is 5.79. The minimum absolute atomic E-state index is 0.154. The van der Waals surface area contributed by atoms with E-state index in [1.807, 2.05) is 29.2 Å². The van der Waals surface area contributed by atoms with Gasteiger partial charge in [0, 0.05) is 42.1 Å². The molecule has 0 bridgehead atoms. The molecule has 2 heterocycles. The molecule has 2 aromatic rings. The number of benzene rings is 1. The number of aromatic nitrogens is 2. The molecule has 5 nitrogen and oxygen atoms in total. The Hall–Kier alpha value is -1.92. The second-order valence-corrected chi connectivity index (χ2v) is 7.74. The first-order chi connectivity index (χ1) is 12.6. The van der Waals surface area contributed by atoms with Gasteiger partial charge in [-0.15, -0.1) is 0 Å². The highest BCUT2D eigenvalue weighted by Gasteiger charge is 2.26. The van der Waals surface area contributed by atoms with Crippen molar-refractivity contribution in [2.45, 2.75) is 12.8 Å². The molecule has 1 aliphatic heterocycles. The van der Waals surface area contributed by atoms with E-state index in [4.69, 9.17) is 11.6 Å². The standard InChI is InChI=1S/C19H18BrClN4O/c20-15-5-6-16-18(15)19(23-12-22-16)25-9-7-24(8-10-25)17(26)11-13-1-3-14(21)4-2-13/h1-5,12H,6-11H2. The Bertz CT molecular complexity index is 860. The van der Waals surface area contributed by atoms with Gasteiger partial charge in [-0.2, -0.15) is 0 Å². The fourth-order valence-electron chi connectivity index (χ4n) is 3.40. The number of fused-ring (bicyclic) bond motifs is 1. The number of nitrogens with zero attached hydrogens (tertiary/aromatic N) is 4. The fraction of sp³-hybridized carbons (Fsp3) is 0.316. The summed E-state index contributed by atoms with van der Waals surface area (Å²) in [6.07, 6.45) is 5.00. The van der Waals surface area contributed by atoms with Crippen molar-refractivity contribution in [1.29, 1.82) is 0 Å². The highest BCUT2D eigenvalue weighted by molar-refractivity contribution is 9.15. The summed E-state index contributed by atoms with van der Waals surface area (Å²) in [6.45, 7) is 2.95. The van der Waals surface area contributed by atoms with Crippen LogP contribution in [0, 0.1) is 0 Å². The SMILES string of the molecule is O=C(Cc1ccc(Cl)cc1)N1CCN(c2ncnc3c2C(Br)=CC3)CC1. The second kappa shape index (κ2) is 7.37. The van der Waals surface area contributed by atoms with Crippen molar-refractivity contribution in [3.63, 3.8) is 0 Å². The van der Waals surface area contributed by atoms with Gasteiger partial charge in [0.1, 0.15) is 12.1 Å². The van der Waals surface area contributed by atoms with Gasteiger partial charge in [0.25, 0.3) is 0 Å². The average Bonchev–Trinajstić information content (AvgIpc) is 3.05. The Morgan fingerprint density at radius 1 is 1.12 bits per heavy atom. The van der Waals surface area contributed by atoms with Crippen LogP contribution in [0.25, 0.3) is 4.48 Å². The maximum absolute atomic E-state index is 12.6. The molecular weight excluding hydrogens is 416 g/mol. The molecule has 2 aliphatic rings. The monoisotopic (exact) mass is 432 g/mol. The van der Waals surface area contributed by atoms with E-state index >= 15 is 0 Å². The molecule has 1 amide bonds. The maximum atomic E-state index is 12.6. The first-order valence-electron chi connectivity index (χ1n) is 8.59. The number of rotatable bonds is 3. The van der Waals surface area contributed by atoms with E-state index in [9.17, 15) is 4.79 Å². The van der Waals surface area contributed by atoms with E-state index in [1.54, 1.807) is 6.33 Å². The Labute approximate surface area is 165 Å². The highest BCUT2D eigenvalue weighted by Crippen LogP contribution is 2.36. The summed E-state index contributed by atoms with van der Waals surface area (Å²) in [4.78, 5) is 25.6. The molecule has 134 valence electrons. The second-order valence-electron chi connectivity index (χ2n) is 6.45. The predicted molar refractivity (Wildman–Crippen MR) is 107 cm³/mol. The molecule has 0 N–H and O–H groups in total. The van der Waals surface area contributed by atoms with Crippen molar-refractivity contribution < 1.29 is 4.79 Å². The van der Waals surface area contributed by atoms with Crippen LogP contribution >= 0.6 is 27.5 Å². The van der Waals surface area contributed by atoms with E-state index in [0.29, 0.717) is 24.5 Å². The van der Waals surface area contributed by atoms with E-state index in [-0.39, 0.29) is 5.91 Å². The van der Waals surface area contributed by atoms with Crippen LogP contribution in [0.15, 0.2) is 36.7 Å². The smallest absolute Gasteiger partial charge is 0.227 e. The summed E-state index contributed by atoms with van der Waals surface area (Å²) in [6, 6.07) is 7.46. The number of hydrogen-bond acceptors (Lipinski definition) is 4. The molecule has 0 saturated carbocycles. The minimum atomic E-state index is 0.154. The van der Waals surface area contributed by atoms with Gasteiger partial charge in [-0.25, -0.2) is 9.97 Å². The zero-order chi connectivity index (χ0) is 18.1. The minimum Gasteiger partial charge on any atom is -0.352 e. The summed E-state index contributed by atoms with van der Waals surface area (Å²) in [5.74, 6) is 1.11. The lowest BCUT2D eigenvalue weighted by atomic mass is 10.1. The first kappa shape index (κ1) is 17.5. The Kier molecular flexibility index (Phi) is 4.96. The van der Waals surface area contributed by atoms with Crippen LogP contribution in [0.5, 0.6) is 0 Å². The quantitative estimate of drug-likeness (QED) is 0.745. The third kappa shape index (κ3) is 3.48. The normalized spacial score (nSPS) is 16.5. The van der Waals surface area contributed by atoms with Gasteiger partial charge in [-0.05, 0) is 17.7 Å². The lowest BCUT2D eigenvalue weighted by molar-refractivity contribution is -0.130. The molecule has 4 rings (SSSR count). The van der Waals surface area contributed by atoms with Crippen LogP contribution in [-0.2, 0) is 17.6 Å². The Morgan fingerprint density at radius 3 is 2.58 bits per heavy atom. The van der Waals surface area contributed by atoms with Crippen molar-refractivity contribution in [1.82, 2.24) is 14.9 Å². The van der Waals surface area contributed by atoms with Crippen LogP contribution < -0.4 is 4.90 Å². The van der Waals surface area contributed by atoms with Crippen molar-refractivity contribution in [2.75, 3.05) is 31.1 Å². The molecule has 1 aromatic heterocycles. The zero-order valence-corrected chi connectivity index (χ0v) is 16.5. The molecule has 1 saturated heterocycles. The summed E-state index contributed by atoms with van der Waals surface area (Å²) >= 11 is 9.52. The number of carbonyl (C=O) groups is 1. The van der Waals surface area contributed by atoms with Crippen molar-refractivity contribution in [2.24, 2.45) is 0 Å². The summed E-state index contributed by atoms with van der Waals surface area (Å²) in [5.41, 5.74) is 3.14. The number of halogens is 2. The molecule has 1 aliphatic carbocycles. The molecule has 0 atom stereocenters. The first-order valence-corrected chi connectivity index (χ1v) is 9.76. The number of allylic oxidation sites excluding steroid dienone is 1. The maximum Gasteiger partial charge on any atom is 0.227 e. The topological polar surface area (TPSA) is 49.3 Å². The molecule has 0 spiro atoms. The van der Waals surface area contributed by atoms with Crippen LogP contribution in [0.3, 0.4) is 0 Å². The average molecular weight is 434 g/mol. The molecule has 26 heavy (non-hydrogen) atoms. The van der Waals surface area contributed by atoms with Gasteiger partial charge in [0.05, 0.1) is 17.7 Å². The van der Waals surface area contributed by atoms with Crippen molar-refractivity contribution in [3.05, 3.63) is 58.5 Å². The van der Waals surface area contributed by atoms with Gasteiger partial charge < -0.3 is 9.80 Å². The molecule has 1 fully saturated rings. The highest BCUT2D eigenvalue weighted by atomic mass is 79.9. The van der Waals surface area contributed by atoms with E-state index < -0.39 is 0 Å². The third-order valence-electron chi connectivity index (χ3n) is 4.82. The fourth-order valence-corrected chi connectivity index (χ4v) is 4.09. The number of anilines is 1. The molecule has 0 radical (unpaired) electrons. The lowest BCUT2D eigenvalue weighted by Gasteiger charge is -2.36.